The van der Waals surface area contributed by atoms with Gasteiger partial charge in [0.25, 0.3) is 5.91 Å². The van der Waals surface area contributed by atoms with Crippen molar-refractivity contribution in [2.45, 2.75) is 13.8 Å². The first-order chi connectivity index (χ1) is 12.2. The van der Waals surface area contributed by atoms with Crippen LogP contribution in [-0.4, -0.2) is 28.9 Å². The number of carbonyl (C=O) groups is 4. The third-order valence-electron chi connectivity index (χ3n) is 3.03. The molecule has 2 aromatic carbocycles. The zero-order valence-corrected chi connectivity index (χ0v) is 13.9. The van der Waals surface area contributed by atoms with Gasteiger partial charge in [-0.2, -0.15) is 0 Å². The summed E-state index contributed by atoms with van der Waals surface area (Å²) in [6.45, 7) is 2.38. The van der Waals surface area contributed by atoms with E-state index in [-0.39, 0.29) is 28.3 Å². The topological polar surface area (TPSA) is 119 Å². The van der Waals surface area contributed by atoms with Crippen LogP contribution in [0.5, 0.6) is 11.5 Å². The monoisotopic (exact) mass is 357 g/mol. The van der Waals surface area contributed by atoms with Crippen LogP contribution < -0.4 is 14.8 Å². The SMILES string of the molecule is CC(=O)Oc1cc(OC(C)=O)cc(C(=O)Nc2cccc(C(=O)O)c2)c1. The molecule has 2 aromatic rings. The number of rotatable bonds is 5. The molecule has 0 aliphatic heterocycles. The molecule has 0 radical (unpaired) electrons. The maximum Gasteiger partial charge on any atom is 0.335 e. The Bertz CT molecular complexity index is 855. The first-order valence-electron chi connectivity index (χ1n) is 7.41. The third-order valence-corrected chi connectivity index (χ3v) is 3.03. The summed E-state index contributed by atoms with van der Waals surface area (Å²) in [7, 11) is 0. The molecule has 2 N–H and O–H groups in total. The van der Waals surface area contributed by atoms with Crippen molar-refractivity contribution in [1.82, 2.24) is 0 Å². The Balaban J connectivity index is 2.31. The molecule has 0 bridgehead atoms. The number of amides is 1. The lowest BCUT2D eigenvalue weighted by molar-refractivity contribution is -0.132. The minimum atomic E-state index is -1.13. The highest BCUT2D eigenvalue weighted by Crippen LogP contribution is 2.24. The van der Waals surface area contributed by atoms with Crippen molar-refractivity contribution < 1.29 is 33.8 Å². The molecule has 0 aliphatic carbocycles. The second-order valence-corrected chi connectivity index (χ2v) is 5.22. The van der Waals surface area contributed by atoms with Crippen LogP contribution in [0.4, 0.5) is 5.69 Å². The second kappa shape index (κ2) is 7.93. The van der Waals surface area contributed by atoms with E-state index in [1.54, 1.807) is 0 Å². The molecule has 134 valence electrons. The van der Waals surface area contributed by atoms with Crippen molar-refractivity contribution in [3.63, 3.8) is 0 Å². The van der Waals surface area contributed by atoms with E-state index < -0.39 is 23.8 Å². The van der Waals surface area contributed by atoms with E-state index in [9.17, 15) is 19.2 Å². The minimum Gasteiger partial charge on any atom is -0.478 e. The summed E-state index contributed by atoms with van der Waals surface area (Å²) in [4.78, 5) is 45.7. The van der Waals surface area contributed by atoms with Crippen LogP contribution in [0.3, 0.4) is 0 Å². The number of anilines is 1. The number of ether oxygens (including phenoxy) is 2. The fraction of sp³-hybridized carbons (Fsp3) is 0.111. The van der Waals surface area contributed by atoms with Gasteiger partial charge in [-0.05, 0) is 30.3 Å². The molecule has 2 rings (SSSR count). The van der Waals surface area contributed by atoms with Gasteiger partial charge in [-0.15, -0.1) is 0 Å². The molecule has 0 fully saturated rings. The van der Waals surface area contributed by atoms with Gasteiger partial charge < -0.3 is 19.9 Å². The summed E-state index contributed by atoms with van der Waals surface area (Å²) < 4.78 is 9.88. The normalized spacial score (nSPS) is 9.92. The molecule has 0 saturated carbocycles. The number of nitrogens with one attached hydrogen (secondary N) is 1. The molecule has 8 nitrogen and oxygen atoms in total. The number of hydrogen-bond acceptors (Lipinski definition) is 6. The standard InChI is InChI=1S/C18H15NO7/c1-10(20)25-15-7-13(8-16(9-15)26-11(2)21)17(22)19-14-5-3-4-12(6-14)18(23)24/h3-9H,1-2H3,(H,19,22)(H,23,24). The van der Waals surface area contributed by atoms with Gasteiger partial charge >= 0.3 is 17.9 Å². The Kier molecular flexibility index (Phi) is 5.69. The molecule has 0 heterocycles. The maximum absolute atomic E-state index is 12.4. The van der Waals surface area contributed by atoms with E-state index in [1.165, 1.54) is 56.3 Å². The first kappa shape index (κ1) is 18.7. The Morgan fingerprint density at radius 3 is 1.92 bits per heavy atom. The summed E-state index contributed by atoms with van der Waals surface area (Å²) in [5.41, 5.74) is 0.333. The van der Waals surface area contributed by atoms with Crippen LogP contribution in [0.2, 0.25) is 0 Å². The largest absolute Gasteiger partial charge is 0.478 e. The number of esters is 2. The van der Waals surface area contributed by atoms with Gasteiger partial charge in [0, 0.05) is 31.2 Å². The molecule has 1 amide bonds. The summed E-state index contributed by atoms with van der Waals surface area (Å²) in [6.07, 6.45) is 0. The van der Waals surface area contributed by atoms with Gasteiger partial charge in [-0.25, -0.2) is 4.79 Å². The lowest BCUT2D eigenvalue weighted by atomic mass is 10.1. The molecule has 0 atom stereocenters. The first-order valence-corrected chi connectivity index (χ1v) is 7.41. The van der Waals surface area contributed by atoms with Gasteiger partial charge in [0.2, 0.25) is 0 Å². The van der Waals surface area contributed by atoms with Gasteiger partial charge in [0.15, 0.2) is 0 Å². The quantitative estimate of drug-likeness (QED) is 0.623. The fourth-order valence-electron chi connectivity index (χ4n) is 2.09. The Morgan fingerprint density at radius 2 is 1.42 bits per heavy atom. The molecular formula is C18H15NO7. The second-order valence-electron chi connectivity index (χ2n) is 5.22. The summed E-state index contributed by atoms with van der Waals surface area (Å²) >= 11 is 0. The fourth-order valence-corrected chi connectivity index (χ4v) is 2.09. The summed E-state index contributed by atoms with van der Waals surface area (Å²) in [5, 5.41) is 11.5. The van der Waals surface area contributed by atoms with Crippen LogP contribution in [0.25, 0.3) is 0 Å². The molecule has 26 heavy (non-hydrogen) atoms. The van der Waals surface area contributed by atoms with Crippen LogP contribution in [-0.2, 0) is 9.59 Å². The van der Waals surface area contributed by atoms with E-state index in [1.807, 2.05) is 0 Å². The number of carboxylic acids is 1. The van der Waals surface area contributed by atoms with Crippen molar-refractivity contribution in [2.75, 3.05) is 5.32 Å². The third kappa shape index (κ3) is 5.17. The van der Waals surface area contributed by atoms with E-state index in [2.05, 4.69) is 5.32 Å². The Labute approximate surface area is 148 Å². The smallest absolute Gasteiger partial charge is 0.335 e. The predicted octanol–water partition coefficient (Wildman–Crippen LogP) is 2.49. The maximum atomic E-state index is 12.4. The van der Waals surface area contributed by atoms with Crippen molar-refractivity contribution in [3.8, 4) is 11.5 Å². The Hall–Kier alpha value is -3.68. The van der Waals surface area contributed by atoms with Gasteiger partial charge in [-0.3, -0.25) is 14.4 Å². The van der Waals surface area contributed by atoms with Crippen LogP contribution in [0, 0.1) is 0 Å². The average molecular weight is 357 g/mol. The highest BCUT2D eigenvalue weighted by Gasteiger charge is 2.14. The molecule has 0 unspecified atom stereocenters. The number of carboxylic acid groups (broad SMARTS) is 1. The molecular weight excluding hydrogens is 342 g/mol. The van der Waals surface area contributed by atoms with E-state index in [4.69, 9.17) is 14.6 Å². The highest BCUT2D eigenvalue weighted by atomic mass is 16.5. The van der Waals surface area contributed by atoms with E-state index >= 15 is 0 Å². The van der Waals surface area contributed by atoms with Crippen LogP contribution in [0.1, 0.15) is 34.6 Å². The lowest BCUT2D eigenvalue weighted by Crippen LogP contribution is -2.14. The number of benzene rings is 2. The lowest BCUT2D eigenvalue weighted by Gasteiger charge is -2.10. The molecule has 8 heteroatoms. The van der Waals surface area contributed by atoms with Crippen molar-refractivity contribution in [1.29, 1.82) is 0 Å². The van der Waals surface area contributed by atoms with Gasteiger partial charge in [0.1, 0.15) is 11.5 Å². The number of hydrogen-bond donors (Lipinski definition) is 2. The van der Waals surface area contributed by atoms with Crippen molar-refractivity contribution in [2.24, 2.45) is 0 Å². The number of carbonyl (C=O) groups excluding carboxylic acids is 3. The average Bonchev–Trinajstić information content (AvgIpc) is 2.53. The highest BCUT2D eigenvalue weighted by molar-refractivity contribution is 6.05. The van der Waals surface area contributed by atoms with E-state index in [0.717, 1.165) is 0 Å². The minimum absolute atomic E-state index is 0.0112. The van der Waals surface area contributed by atoms with Crippen LogP contribution in [0.15, 0.2) is 42.5 Å². The van der Waals surface area contributed by atoms with Gasteiger partial charge in [-0.1, -0.05) is 6.07 Å². The zero-order valence-electron chi connectivity index (χ0n) is 13.9. The molecule has 0 aromatic heterocycles. The zero-order chi connectivity index (χ0) is 19.3. The van der Waals surface area contributed by atoms with Crippen LogP contribution >= 0.6 is 0 Å². The van der Waals surface area contributed by atoms with E-state index in [0.29, 0.717) is 0 Å². The summed E-state index contributed by atoms with van der Waals surface area (Å²) in [6, 6.07) is 9.58. The van der Waals surface area contributed by atoms with Crippen molar-refractivity contribution >= 4 is 29.5 Å². The van der Waals surface area contributed by atoms with Gasteiger partial charge in [0.05, 0.1) is 5.56 Å². The molecule has 0 saturated heterocycles. The predicted molar refractivity (Wildman–Crippen MR) is 90.4 cm³/mol. The molecule has 0 spiro atoms. The number of aromatic carboxylic acids is 1. The molecule has 0 aliphatic rings. The Morgan fingerprint density at radius 1 is 0.846 bits per heavy atom. The summed E-state index contributed by atoms with van der Waals surface area (Å²) in [5.74, 6) is -2.89. The van der Waals surface area contributed by atoms with Crippen molar-refractivity contribution in [3.05, 3.63) is 53.6 Å².